The van der Waals surface area contributed by atoms with Crippen LogP contribution in [0.4, 0.5) is 11.4 Å². The Hall–Kier alpha value is -3.21. The second-order valence-electron chi connectivity index (χ2n) is 7.94. The summed E-state index contributed by atoms with van der Waals surface area (Å²) in [6.45, 7) is 11.9. The number of nitrogens with zero attached hydrogens (tertiary/aromatic N) is 4. The molecule has 2 aromatic carbocycles. The Bertz CT molecular complexity index is 1250. The van der Waals surface area contributed by atoms with Crippen molar-refractivity contribution in [1.29, 1.82) is 0 Å². The minimum atomic E-state index is -0.795. The van der Waals surface area contributed by atoms with E-state index in [2.05, 4.69) is 9.83 Å². The third-order valence-corrected chi connectivity index (χ3v) is 6.21. The smallest absolute Gasteiger partial charge is 0.258 e. The lowest BCUT2D eigenvalue weighted by molar-refractivity contribution is -0.123. The Morgan fingerprint density at radius 1 is 1.22 bits per heavy atom. The van der Waals surface area contributed by atoms with Gasteiger partial charge in [0.2, 0.25) is 5.69 Å². The van der Waals surface area contributed by atoms with Crippen molar-refractivity contribution < 1.29 is 9.53 Å². The van der Waals surface area contributed by atoms with Gasteiger partial charge in [-0.2, -0.15) is 0 Å². The van der Waals surface area contributed by atoms with Crippen molar-refractivity contribution in [2.75, 3.05) is 18.1 Å². The van der Waals surface area contributed by atoms with Crippen molar-refractivity contribution in [2.24, 2.45) is 0 Å². The monoisotopic (exact) mass is 464 g/mol. The standard InChI is InChI=1S/C24H21ClN4O2S/c1-24(2)22(30)29(17-7-9-21(26-3)19(25)15-17)23(32)28(24)12-5-13-31-18-8-10-20-16(14-18)6-4-11-27-20/h4,6-11,14-15H,5,12-13H2,1-2H3. The minimum Gasteiger partial charge on any atom is -0.494 e. The molecule has 1 aliphatic rings. The zero-order valence-corrected chi connectivity index (χ0v) is 19.3. The van der Waals surface area contributed by atoms with Crippen molar-refractivity contribution in [3.05, 3.63) is 71.2 Å². The van der Waals surface area contributed by atoms with Crippen molar-refractivity contribution in [1.82, 2.24) is 9.88 Å². The highest BCUT2D eigenvalue weighted by atomic mass is 35.5. The number of benzene rings is 2. The van der Waals surface area contributed by atoms with Crippen molar-refractivity contribution >= 4 is 57.1 Å². The average Bonchev–Trinajstić information content (AvgIpc) is 2.95. The summed E-state index contributed by atoms with van der Waals surface area (Å²) in [6.07, 6.45) is 2.45. The van der Waals surface area contributed by atoms with E-state index in [1.165, 1.54) is 4.90 Å². The van der Waals surface area contributed by atoms with Gasteiger partial charge in [0.15, 0.2) is 5.11 Å². The van der Waals surface area contributed by atoms with Crippen molar-refractivity contribution in [3.63, 3.8) is 0 Å². The number of carbonyl (C=O) groups is 1. The van der Waals surface area contributed by atoms with Gasteiger partial charge in [0.25, 0.3) is 5.91 Å². The second-order valence-corrected chi connectivity index (χ2v) is 8.71. The molecule has 1 aliphatic heterocycles. The molecule has 8 heteroatoms. The molecule has 4 rings (SSSR count). The number of amides is 1. The number of fused-ring (bicyclic) bond motifs is 1. The van der Waals surface area contributed by atoms with E-state index in [1.807, 2.05) is 49.1 Å². The maximum Gasteiger partial charge on any atom is 0.258 e. The summed E-state index contributed by atoms with van der Waals surface area (Å²) < 4.78 is 5.92. The van der Waals surface area contributed by atoms with Crippen LogP contribution in [0.5, 0.6) is 5.75 Å². The zero-order valence-electron chi connectivity index (χ0n) is 17.7. The van der Waals surface area contributed by atoms with Crippen LogP contribution in [-0.4, -0.2) is 39.6 Å². The predicted octanol–water partition coefficient (Wildman–Crippen LogP) is 5.62. The molecular weight excluding hydrogens is 444 g/mol. The van der Waals surface area contributed by atoms with Gasteiger partial charge in [-0.25, -0.2) is 4.85 Å². The van der Waals surface area contributed by atoms with E-state index in [4.69, 9.17) is 35.1 Å². The van der Waals surface area contributed by atoms with Gasteiger partial charge in [0, 0.05) is 23.2 Å². The Balaban J connectivity index is 1.42. The first-order valence-corrected chi connectivity index (χ1v) is 10.9. The summed E-state index contributed by atoms with van der Waals surface area (Å²) in [5.41, 5.74) is 1.03. The molecule has 0 bridgehead atoms. The van der Waals surface area contributed by atoms with Crippen LogP contribution in [0.1, 0.15) is 20.3 Å². The number of thiocarbonyl (C=S) groups is 1. The first kappa shape index (κ1) is 22.0. The molecule has 1 fully saturated rings. The van der Waals surface area contributed by atoms with E-state index in [9.17, 15) is 4.79 Å². The lowest BCUT2D eigenvalue weighted by Gasteiger charge is -2.29. The van der Waals surface area contributed by atoms with Gasteiger partial charge < -0.3 is 9.64 Å². The number of pyridine rings is 1. The zero-order chi connectivity index (χ0) is 22.9. The number of anilines is 1. The molecule has 0 atom stereocenters. The molecule has 162 valence electrons. The van der Waals surface area contributed by atoms with Gasteiger partial charge in [-0.05, 0) is 68.9 Å². The predicted molar refractivity (Wildman–Crippen MR) is 130 cm³/mol. The van der Waals surface area contributed by atoms with E-state index in [1.54, 1.807) is 24.4 Å². The molecule has 32 heavy (non-hydrogen) atoms. The first-order valence-electron chi connectivity index (χ1n) is 10.1. The van der Waals surface area contributed by atoms with E-state index in [0.717, 1.165) is 16.7 Å². The maximum absolute atomic E-state index is 13.1. The van der Waals surface area contributed by atoms with Gasteiger partial charge in [-0.3, -0.25) is 14.7 Å². The Kier molecular flexibility index (Phi) is 6.00. The fourth-order valence-corrected chi connectivity index (χ4v) is 4.45. The lowest BCUT2D eigenvalue weighted by atomic mass is 10.0. The topological polar surface area (TPSA) is 50.0 Å². The van der Waals surface area contributed by atoms with Crippen LogP contribution in [0.2, 0.25) is 5.02 Å². The molecule has 0 spiro atoms. The van der Waals surface area contributed by atoms with E-state index < -0.39 is 5.54 Å². The number of hydrogen-bond donors (Lipinski definition) is 0. The summed E-state index contributed by atoms with van der Waals surface area (Å²) in [5.74, 6) is 0.651. The van der Waals surface area contributed by atoms with E-state index in [-0.39, 0.29) is 5.91 Å². The molecule has 1 aromatic heterocycles. The molecule has 1 amide bonds. The molecule has 0 unspecified atom stereocenters. The Morgan fingerprint density at radius 3 is 2.78 bits per heavy atom. The highest BCUT2D eigenvalue weighted by Crippen LogP contribution is 2.36. The largest absolute Gasteiger partial charge is 0.494 e. The number of hydrogen-bond acceptors (Lipinski definition) is 4. The summed E-state index contributed by atoms with van der Waals surface area (Å²) in [7, 11) is 0. The van der Waals surface area contributed by atoms with Crippen LogP contribution in [0, 0.1) is 6.57 Å². The van der Waals surface area contributed by atoms with Crippen LogP contribution in [0.25, 0.3) is 15.7 Å². The SMILES string of the molecule is [C-]#[N+]c1ccc(N2C(=O)C(C)(C)N(CCCOc3ccc4ncccc4c3)C2=S)cc1Cl. The van der Waals surface area contributed by atoms with E-state index >= 15 is 0 Å². The third-order valence-electron chi connectivity index (χ3n) is 5.50. The van der Waals surface area contributed by atoms with E-state index in [0.29, 0.717) is 41.1 Å². The highest BCUT2D eigenvalue weighted by Gasteiger charge is 2.49. The first-order chi connectivity index (χ1) is 15.3. The average molecular weight is 465 g/mol. The van der Waals surface area contributed by atoms with Crippen LogP contribution >= 0.6 is 23.8 Å². The van der Waals surface area contributed by atoms with Crippen LogP contribution in [-0.2, 0) is 4.79 Å². The Morgan fingerprint density at radius 2 is 2.03 bits per heavy atom. The molecule has 1 saturated heterocycles. The van der Waals surface area contributed by atoms with Crippen molar-refractivity contribution in [2.45, 2.75) is 25.8 Å². The van der Waals surface area contributed by atoms with Crippen molar-refractivity contribution in [3.8, 4) is 5.75 Å². The number of ether oxygens (including phenoxy) is 1. The van der Waals surface area contributed by atoms with Crippen LogP contribution in [0.15, 0.2) is 54.7 Å². The number of rotatable bonds is 6. The van der Waals surface area contributed by atoms with Crippen LogP contribution in [0.3, 0.4) is 0 Å². The highest BCUT2D eigenvalue weighted by molar-refractivity contribution is 7.80. The summed E-state index contributed by atoms with van der Waals surface area (Å²) >= 11 is 11.8. The number of halogens is 1. The summed E-state index contributed by atoms with van der Waals surface area (Å²) in [6, 6.07) is 14.6. The number of aromatic nitrogens is 1. The van der Waals surface area contributed by atoms with Crippen LogP contribution < -0.4 is 9.64 Å². The fourth-order valence-electron chi connectivity index (χ4n) is 3.72. The summed E-state index contributed by atoms with van der Waals surface area (Å²) in [5, 5.41) is 1.74. The van der Waals surface area contributed by atoms with Gasteiger partial charge in [-0.1, -0.05) is 23.7 Å². The second kappa shape index (κ2) is 8.73. The third kappa shape index (κ3) is 3.99. The Labute approximate surface area is 197 Å². The normalized spacial score (nSPS) is 15.3. The molecule has 6 nitrogen and oxygen atoms in total. The molecule has 0 N–H and O–H groups in total. The van der Waals surface area contributed by atoms with Gasteiger partial charge >= 0.3 is 0 Å². The maximum atomic E-state index is 13.1. The lowest BCUT2D eigenvalue weighted by Crippen LogP contribution is -2.44. The molecule has 0 aliphatic carbocycles. The van der Waals surface area contributed by atoms with Gasteiger partial charge in [0.1, 0.15) is 11.3 Å². The molecular formula is C24H21ClN4O2S. The fraction of sp³-hybridized carbons (Fsp3) is 0.250. The molecule has 0 saturated carbocycles. The number of carbonyl (C=O) groups excluding carboxylic acids is 1. The van der Waals surface area contributed by atoms with Gasteiger partial charge in [0.05, 0.1) is 24.4 Å². The quantitative estimate of drug-likeness (QED) is 0.269. The minimum absolute atomic E-state index is 0.128. The van der Waals surface area contributed by atoms with Gasteiger partial charge in [-0.15, -0.1) is 0 Å². The molecule has 0 radical (unpaired) electrons. The summed E-state index contributed by atoms with van der Waals surface area (Å²) in [4.78, 5) is 24.2. The molecule has 3 aromatic rings. The molecule has 2 heterocycles.